The molecule has 2 aliphatic rings. The summed E-state index contributed by atoms with van der Waals surface area (Å²) in [6, 6.07) is 0.727. The number of hydrogen-bond donors (Lipinski definition) is 1. The van der Waals surface area contributed by atoms with Crippen LogP contribution in [0.2, 0.25) is 0 Å². The maximum atomic E-state index is 3.93. The lowest BCUT2D eigenvalue weighted by Crippen LogP contribution is -2.57. The Balaban J connectivity index is 2.13. The number of thioether (sulfide) groups is 1. The summed E-state index contributed by atoms with van der Waals surface area (Å²) in [4.78, 5) is 0.435. The molecule has 3 unspecified atom stereocenters. The monoisotopic (exact) mass is 227 g/mol. The second kappa shape index (κ2) is 4.67. The molecule has 2 heteroatoms. The first-order valence-electron chi connectivity index (χ1n) is 6.56. The fourth-order valence-corrected chi connectivity index (χ4v) is 5.36. The Morgan fingerprint density at radius 1 is 1.27 bits per heavy atom. The first-order chi connectivity index (χ1) is 7.14. The highest BCUT2D eigenvalue weighted by atomic mass is 32.2. The molecule has 1 aliphatic heterocycles. The zero-order valence-corrected chi connectivity index (χ0v) is 11.2. The maximum Gasteiger partial charge on any atom is 0.0678 e. The second-order valence-corrected chi connectivity index (χ2v) is 7.09. The number of nitrogens with one attached hydrogen (secondary N) is 1. The van der Waals surface area contributed by atoms with Gasteiger partial charge in [-0.15, -0.1) is 11.8 Å². The van der Waals surface area contributed by atoms with E-state index in [1.54, 1.807) is 0 Å². The molecule has 2 rings (SSSR count). The van der Waals surface area contributed by atoms with Crippen molar-refractivity contribution in [1.29, 1.82) is 0 Å². The van der Waals surface area contributed by atoms with Gasteiger partial charge in [-0.25, -0.2) is 0 Å². The van der Waals surface area contributed by atoms with E-state index in [0.717, 1.165) is 17.9 Å². The van der Waals surface area contributed by atoms with Gasteiger partial charge in [-0.3, -0.25) is 0 Å². The van der Waals surface area contributed by atoms with Gasteiger partial charge in [-0.2, -0.15) is 0 Å². The molecule has 1 saturated heterocycles. The molecule has 0 radical (unpaired) electrons. The lowest BCUT2D eigenvalue weighted by atomic mass is 9.76. The molecule has 88 valence electrons. The molecule has 0 amide bonds. The zero-order valence-electron chi connectivity index (χ0n) is 10.4. The fourth-order valence-electron chi connectivity index (χ4n) is 3.35. The summed E-state index contributed by atoms with van der Waals surface area (Å²) < 4.78 is 0. The van der Waals surface area contributed by atoms with E-state index >= 15 is 0 Å². The molecular weight excluding hydrogens is 202 g/mol. The highest BCUT2D eigenvalue weighted by Gasteiger charge is 2.44. The van der Waals surface area contributed by atoms with E-state index < -0.39 is 0 Å². The van der Waals surface area contributed by atoms with Crippen molar-refractivity contribution in [1.82, 2.24) is 5.32 Å². The molecule has 1 heterocycles. The van der Waals surface area contributed by atoms with Gasteiger partial charge in [-0.05, 0) is 43.8 Å². The molecule has 0 aromatic carbocycles. The van der Waals surface area contributed by atoms with Crippen LogP contribution in [0.1, 0.15) is 52.9 Å². The van der Waals surface area contributed by atoms with Crippen LogP contribution in [0.15, 0.2) is 0 Å². The van der Waals surface area contributed by atoms with E-state index in [0.29, 0.717) is 4.87 Å². The Bertz CT molecular complexity index is 213. The summed E-state index contributed by atoms with van der Waals surface area (Å²) in [5.41, 5.74) is 0. The van der Waals surface area contributed by atoms with Crippen molar-refractivity contribution in [3.63, 3.8) is 0 Å². The van der Waals surface area contributed by atoms with Crippen molar-refractivity contribution < 1.29 is 0 Å². The van der Waals surface area contributed by atoms with Gasteiger partial charge in [0.15, 0.2) is 0 Å². The van der Waals surface area contributed by atoms with Crippen LogP contribution in [0.3, 0.4) is 0 Å². The van der Waals surface area contributed by atoms with Crippen LogP contribution in [0.25, 0.3) is 0 Å². The van der Waals surface area contributed by atoms with E-state index in [1.165, 1.54) is 37.9 Å². The van der Waals surface area contributed by atoms with Gasteiger partial charge < -0.3 is 5.32 Å². The molecule has 2 fully saturated rings. The van der Waals surface area contributed by atoms with Crippen molar-refractivity contribution in [3.05, 3.63) is 0 Å². The summed E-state index contributed by atoms with van der Waals surface area (Å²) in [6.45, 7) is 7.16. The van der Waals surface area contributed by atoms with Crippen LogP contribution < -0.4 is 5.32 Å². The van der Waals surface area contributed by atoms with Crippen molar-refractivity contribution in [3.8, 4) is 0 Å². The molecule has 3 atom stereocenters. The van der Waals surface area contributed by atoms with Crippen LogP contribution in [0, 0.1) is 11.8 Å². The molecule has 1 nitrogen and oxygen atoms in total. The van der Waals surface area contributed by atoms with Gasteiger partial charge in [0.2, 0.25) is 0 Å². The van der Waals surface area contributed by atoms with Gasteiger partial charge in [-0.1, -0.05) is 26.7 Å². The first-order valence-corrected chi connectivity index (χ1v) is 7.54. The normalized spacial score (nSPS) is 42.4. The largest absolute Gasteiger partial charge is 0.300 e. The van der Waals surface area contributed by atoms with Gasteiger partial charge in [0, 0.05) is 6.04 Å². The van der Waals surface area contributed by atoms with Crippen LogP contribution in [-0.4, -0.2) is 16.7 Å². The van der Waals surface area contributed by atoms with Crippen LogP contribution in [0.5, 0.6) is 0 Å². The molecular formula is C13H25NS. The zero-order chi connectivity index (χ0) is 10.9. The lowest BCUT2D eigenvalue weighted by molar-refractivity contribution is 0.162. The Morgan fingerprint density at radius 3 is 2.73 bits per heavy atom. The fraction of sp³-hybridized carbons (Fsp3) is 1.00. The molecule has 0 aromatic heterocycles. The van der Waals surface area contributed by atoms with Crippen molar-refractivity contribution in [2.24, 2.45) is 11.8 Å². The lowest BCUT2D eigenvalue weighted by Gasteiger charge is -2.50. The predicted octanol–water partition coefficient (Wildman–Crippen LogP) is 3.64. The average Bonchev–Trinajstić information content (AvgIpc) is 2.17. The third kappa shape index (κ3) is 2.36. The van der Waals surface area contributed by atoms with Crippen LogP contribution in [0.4, 0.5) is 0 Å². The summed E-state index contributed by atoms with van der Waals surface area (Å²) in [5.74, 6) is 3.08. The van der Waals surface area contributed by atoms with Crippen LogP contribution in [-0.2, 0) is 0 Å². The number of hydrogen-bond acceptors (Lipinski definition) is 2. The van der Waals surface area contributed by atoms with Gasteiger partial charge >= 0.3 is 0 Å². The van der Waals surface area contributed by atoms with E-state index in [-0.39, 0.29) is 0 Å². The average molecular weight is 227 g/mol. The maximum absolute atomic E-state index is 3.93. The highest BCUT2D eigenvalue weighted by molar-refractivity contribution is 8.00. The molecule has 1 spiro atoms. The second-order valence-electron chi connectivity index (χ2n) is 5.67. The van der Waals surface area contributed by atoms with Crippen molar-refractivity contribution >= 4 is 11.8 Å². The minimum Gasteiger partial charge on any atom is -0.300 e. The predicted molar refractivity (Wildman–Crippen MR) is 69.2 cm³/mol. The van der Waals surface area contributed by atoms with Gasteiger partial charge in [0.1, 0.15) is 0 Å². The SMILES string of the molecule is CC1CCSC2(CCCCC2C(C)C)N1. The van der Waals surface area contributed by atoms with Crippen LogP contribution >= 0.6 is 11.8 Å². The summed E-state index contributed by atoms with van der Waals surface area (Å²) in [7, 11) is 0. The number of rotatable bonds is 1. The highest BCUT2D eigenvalue weighted by Crippen LogP contribution is 2.47. The molecule has 0 bridgehead atoms. The minimum absolute atomic E-state index is 0.435. The first kappa shape index (κ1) is 11.8. The van der Waals surface area contributed by atoms with Gasteiger partial charge in [0.25, 0.3) is 0 Å². The minimum atomic E-state index is 0.435. The smallest absolute Gasteiger partial charge is 0.0678 e. The molecule has 15 heavy (non-hydrogen) atoms. The molecule has 0 aromatic rings. The van der Waals surface area contributed by atoms with Crippen molar-refractivity contribution in [2.75, 3.05) is 5.75 Å². The topological polar surface area (TPSA) is 12.0 Å². The van der Waals surface area contributed by atoms with E-state index in [2.05, 4.69) is 37.8 Å². The molecule has 1 saturated carbocycles. The summed E-state index contributed by atoms with van der Waals surface area (Å²) in [5, 5.41) is 3.93. The Kier molecular flexibility index (Phi) is 3.67. The van der Waals surface area contributed by atoms with Crippen molar-refractivity contribution in [2.45, 2.75) is 63.8 Å². The van der Waals surface area contributed by atoms with Gasteiger partial charge in [0.05, 0.1) is 4.87 Å². The van der Waals surface area contributed by atoms with E-state index in [1.807, 2.05) is 0 Å². The molecule has 1 N–H and O–H groups in total. The van der Waals surface area contributed by atoms with E-state index in [4.69, 9.17) is 0 Å². The Morgan fingerprint density at radius 2 is 2.07 bits per heavy atom. The van der Waals surface area contributed by atoms with E-state index in [9.17, 15) is 0 Å². The summed E-state index contributed by atoms with van der Waals surface area (Å²) >= 11 is 2.22. The standard InChI is InChI=1S/C13H25NS/c1-10(2)12-6-4-5-8-13(12)14-11(3)7-9-15-13/h10-12,14H,4-9H2,1-3H3. The molecule has 1 aliphatic carbocycles. The Hall–Kier alpha value is 0.310. The Labute approximate surface area is 98.8 Å². The third-order valence-corrected chi connectivity index (χ3v) is 5.70. The quantitative estimate of drug-likeness (QED) is 0.734. The third-order valence-electron chi connectivity index (χ3n) is 4.12. The summed E-state index contributed by atoms with van der Waals surface area (Å²) in [6.07, 6.45) is 7.05.